The second-order valence-electron chi connectivity index (χ2n) is 7.13. The number of esters is 1. The molecule has 1 amide bonds. The quantitative estimate of drug-likeness (QED) is 0.302. The average molecular weight is 514 g/mol. The van der Waals surface area contributed by atoms with Gasteiger partial charge in [0.15, 0.2) is 5.82 Å². The Morgan fingerprint density at radius 2 is 1.66 bits per heavy atom. The number of pyridine rings is 1. The summed E-state index contributed by atoms with van der Waals surface area (Å²) in [6.07, 6.45) is -4.89. The fourth-order valence-electron chi connectivity index (χ4n) is 3.02. The number of halogens is 6. The van der Waals surface area contributed by atoms with E-state index >= 15 is 0 Å². The van der Waals surface area contributed by atoms with Gasteiger partial charge in [0.25, 0.3) is 0 Å². The van der Waals surface area contributed by atoms with E-state index in [9.17, 15) is 31.5 Å². The smallest absolute Gasteiger partial charge is 0.463 e. The molecule has 0 saturated carbocycles. The van der Waals surface area contributed by atoms with Gasteiger partial charge in [-0.2, -0.15) is 22.0 Å². The Labute approximate surface area is 201 Å². The van der Waals surface area contributed by atoms with Crippen LogP contribution in [0.2, 0.25) is 5.02 Å². The van der Waals surface area contributed by atoms with Crippen molar-refractivity contribution >= 4 is 35.0 Å². The summed E-state index contributed by atoms with van der Waals surface area (Å²) in [4.78, 5) is 27.5. The Hall–Kier alpha value is -3.73. The van der Waals surface area contributed by atoms with Crippen LogP contribution in [0.3, 0.4) is 0 Å². The highest BCUT2D eigenvalue weighted by atomic mass is 35.5. The Bertz CT molecular complexity index is 1230. The number of ether oxygens (including phenoxy) is 1. The highest BCUT2D eigenvalue weighted by Crippen LogP contribution is 2.38. The van der Waals surface area contributed by atoms with Gasteiger partial charge in [-0.15, -0.1) is 0 Å². The van der Waals surface area contributed by atoms with E-state index in [4.69, 9.17) is 16.3 Å². The van der Waals surface area contributed by atoms with Gasteiger partial charge >= 0.3 is 24.0 Å². The predicted octanol–water partition coefficient (Wildman–Crippen LogP) is 5.94. The normalized spacial score (nSPS) is 11.6. The molecule has 12 heteroatoms. The van der Waals surface area contributed by atoms with Crippen molar-refractivity contribution in [3.63, 3.8) is 0 Å². The van der Waals surface area contributed by atoms with Gasteiger partial charge in [0.2, 0.25) is 0 Å². The second-order valence-corrected chi connectivity index (χ2v) is 7.54. The lowest BCUT2D eigenvalue weighted by Gasteiger charge is -2.20. The van der Waals surface area contributed by atoms with Gasteiger partial charge in [0.1, 0.15) is 5.69 Å². The summed E-state index contributed by atoms with van der Waals surface area (Å²) >= 11 is 5.90. The van der Waals surface area contributed by atoms with Crippen LogP contribution < -0.4 is 10.6 Å². The van der Waals surface area contributed by atoms with Gasteiger partial charge in [0.05, 0.1) is 17.7 Å². The van der Waals surface area contributed by atoms with Crippen LogP contribution in [0.5, 0.6) is 0 Å². The number of anilines is 2. The third-order valence-electron chi connectivity index (χ3n) is 4.84. The maximum absolute atomic E-state index is 13.4. The molecular weight excluding hydrogens is 497 g/mol. The maximum Gasteiger partial charge on any atom is 0.463 e. The van der Waals surface area contributed by atoms with Crippen molar-refractivity contribution in [3.05, 3.63) is 76.9 Å². The van der Waals surface area contributed by atoms with Crippen LogP contribution in [0, 0.1) is 0 Å². The van der Waals surface area contributed by atoms with Crippen molar-refractivity contribution in [3.8, 4) is 11.1 Å². The topological polar surface area (TPSA) is 80.3 Å². The molecule has 0 aliphatic heterocycles. The molecule has 0 radical (unpaired) electrons. The fraction of sp³-hybridized carbons (Fsp3) is 0.174. The number of nitrogens with zero attached hydrogens (tertiary/aromatic N) is 1. The molecule has 1 aromatic heterocycles. The number of carbonyl (C=O) groups is 2. The van der Waals surface area contributed by atoms with Crippen molar-refractivity contribution in [2.24, 2.45) is 0 Å². The zero-order valence-electron chi connectivity index (χ0n) is 17.9. The molecule has 6 nitrogen and oxygen atoms in total. The summed E-state index contributed by atoms with van der Waals surface area (Å²) in [5.74, 6) is -8.91. The second kappa shape index (κ2) is 10.3. The first kappa shape index (κ1) is 25.9. The molecule has 2 N–H and O–H groups in total. The summed E-state index contributed by atoms with van der Waals surface area (Å²) in [5, 5.41) is 3.97. The first-order valence-corrected chi connectivity index (χ1v) is 10.2. The van der Waals surface area contributed by atoms with Gasteiger partial charge in [-0.05, 0) is 28.8 Å². The van der Waals surface area contributed by atoms with Gasteiger partial charge in [-0.1, -0.05) is 54.1 Å². The van der Waals surface area contributed by atoms with Crippen molar-refractivity contribution in [1.82, 2.24) is 4.98 Å². The Kier molecular flexibility index (Phi) is 7.59. The Morgan fingerprint density at radius 3 is 2.29 bits per heavy atom. The minimum absolute atomic E-state index is 0.0603. The predicted molar refractivity (Wildman–Crippen MR) is 119 cm³/mol. The molecule has 0 aliphatic carbocycles. The lowest BCUT2D eigenvalue weighted by atomic mass is 9.98. The van der Waals surface area contributed by atoms with Crippen molar-refractivity contribution < 1.29 is 36.3 Å². The van der Waals surface area contributed by atoms with E-state index in [2.05, 4.69) is 10.3 Å². The van der Waals surface area contributed by atoms with Crippen LogP contribution in [0.1, 0.15) is 15.9 Å². The number of hydrogen-bond donors (Lipinski definition) is 2. The highest BCUT2D eigenvalue weighted by Gasteiger charge is 2.63. The number of rotatable bonds is 7. The van der Waals surface area contributed by atoms with Crippen LogP contribution in [0.4, 0.5) is 33.5 Å². The number of methoxy groups -OCH3 is 1. The molecule has 3 rings (SSSR count). The fourth-order valence-corrected chi connectivity index (χ4v) is 3.22. The summed E-state index contributed by atoms with van der Waals surface area (Å²) in [7, 11) is 1.28. The van der Waals surface area contributed by atoms with Gasteiger partial charge in [-0.25, -0.2) is 9.78 Å². The number of aromatic nitrogens is 1. The molecule has 1 heterocycles. The van der Waals surface area contributed by atoms with Crippen molar-refractivity contribution in [2.45, 2.75) is 18.6 Å². The van der Waals surface area contributed by atoms with E-state index in [1.54, 1.807) is 48.5 Å². The first-order chi connectivity index (χ1) is 16.5. The number of carbonyl (C=O) groups excluding carboxylic acids is 2. The molecule has 0 aliphatic rings. The molecule has 0 saturated heterocycles. The third kappa shape index (κ3) is 5.68. The zero-order valence-corrected chi connectivity index (χ0v) is 18.7. The number of benzene rings is 2. The lowest BCUT2D eigenvalue weighted by molar-refractivity contribution is -0.267. The molecule has 35 heavy (non-hydrogen) atoms. The van der Waals surface area contributed by atoms with Crippen molar-refractivity contribution in [2.75, 3.05) is 17.7 Å². The molecule has 0 atom stereocenters. The maximum atomic E-state index is 13.4. The zero-order chi connectivity index (χ0) is 25.8. The highest BCUT2D eigenvalue weighted by molar-refractivity contribution is 6.34. The van der Waals surface area contributed by atoms with E-state index in [0.717, 1.165) is 11.6 Å². The average Bonchev–Trinajstić information content (AvgIpc) is 2.83. The van der Waals surface area contributed by atoms with Gasteiger partial charge in [-0.3, -0.25) is 4.79 Å². The summed E-state index contributed by atoms with van der Waals surface area (Å²) in [5.41, 5.74) is 1.89. The minimum atomic E-state index is -6.08. The van der Waals surface area contributed by atoms with Crippen LogP contribution in [0.25, 0.3) is 11.1 Å². The van der Waals surface area contributed by atoms with Crippen LogP contribution >= 0.6 is 11.6 Å². The Balaban J connectivity index is 1.78. The number of amides is 1. The molecule has 2 aromatic carbocycles. The van der Waals surface area contributed by atoms with E-state index in [1.165, 1.54) is 18.6 Å². The van der Waals surface area contributed by atoms with Gasteiger partial charge in [0, 0.05) is 12.7 Å². The number of alkyl halides is 5. The molecule has 0 bridgehead atoms. The minimum Gasteiger partial charge on any atom is -0.465 e. The molecule has 0 fully saturated rings. The van der Waals surface area contributed by atoms with E-state index in [0.29, 0.717) is 16.7 Å². The van der Waals surface area contributed by atoms with Crippen LogP contribution in [0.15, 0.2) is 60.8 Å². The molecule has 0 unspecified atom stereocenters. The third-order valence-corrected chi connectivity index (χ3v) is 5.15. The molecular formula is C23H17ClF5N3O3. The number of hydrogen-bond acceptors (Lipinski definition) is 5. The summed E-state index contributed by atoms with van der Waals surface area (Å²) in [6, 6.07) is 14.8. The monoisotopic (exact) mass is 513 g/mol. The number of nitrogens with one attached hydrogen (secondary N) is 2. The van der Waals surface area contributed by atoms with Gasteiger partial charge < -0.3 is 15.4 Å². The molecule has 3 aromatic rings. The van der Waals surface area contributed by atoms with E-state index in [1.807, 2.05) is 0 Å². The summed E-state index contributed by atoms with van der Waals surface area (Å²) < 4.78 is 69.0. The SMILES string of the molecule is COC(=O)c1ccccc1-c1ccc(CNc2nccc(Cl)c2NC(=O)C(F)(F)C(F)(F)F)cc1. The van der Waals surface area contributed by atoms with Crippen molar-refractivity contribution in [1.29, 1.82) is 0 Å². The lowest BCUT2D eigenvalue weighted by Crippen LogP contribution is -2.47. The molecule has 0 spiro atoms. The van der Waals surface area contributed by atoms with E-state index in [-0.39, 0.29) is 17.4 Å². The molecule has 184 valence electrons. The first-order valence-electron chi connectivity index (χ1n) is 9.86. The van der Waals surface area contributed by atoms with E-state index < -0.39 is 29.7 Å². The van der Waals surface area contributed by atoms with Crippen LogP contribution in [-0.2, 0) is 16.1 Å². The standard InChI is InChI=1S/C23H17ClF5N3O3/c1-35-20(33)16-5-3-2-4-15(16)14-8-6-13(7-9-14)12-31-19-18(17(24)10-11-30-19)32-21(34)22(25,26)23(27,28)29/h2-11H,12H2,1H3,(H,30,31)(H,32,34). The van der Waals surface area contributed by atoms with Crippen LogP contribution in [-0.4, -0.2) is 36.1 Å². The summed E-state index contributed by atoms with van der Waals surface area (Å²) in [6.45, 7) is 0.0603. The Morgan fingerprint density at radius 1 is 1.00 bits per heavy atom. The largest absolute Gasteiger partial charge is 0.465 e.